The second-order valence-corrected chi connectivity index (χ2v) is 8.64. The van der Waals surface area contributed by atoms with Crippen LogP contribution in [0.3, 0.4) is 0 Å². The lowest BCUT2D eigenvalue weighted by molar-refractivity contribution is 0.0402. The predicted octanol–water partition coefficient (Wildman–Crippen LogP) is 2.06. The van der Waals surface area contributed by atoms with Crippen molar-refractivity contribution in [2.75, 3.05) is 67.5 Å². The maximum atomic E-state index is 2.68. The molecule has 0 aromatic carbocycles. The van der Waals surface area contributed by atoms with Gasteiger partial charge in [0.25, 0.3) is 0 Å². The topological polar surface area (TPSA) is 13.0 Å². The van der Waals surface area contributed by atoms with Gasteiger partial charge in [-0.25, -0.2) is 0 Å². The molecule has 0 saturated carbocycles. The number of nitrogens with zero attached hydrogens (tertiary/aromatic N) is 4. The van der Waals surface area contributed by atoms with Gasteiger partial charge in [-0.1, -0.05) is 0 Å². The summed E-state index contributed by atoms with van der Waals surface area (Å²) < 4.78 is 0. The van der Waals surface area contributed by atoms with Crippen LogP contribution in [0.2, 0.25) is 0 Å². The zero-order valence-electron chi connectivity index (χ0n) is 16.4. The molecule has 0 aromatic heterocycles. The van der Waals surface area contributed by atoms with Gasteiger partial charge in [-0.15, -0.1) is 0 Å². The van der Waals surface area contributed by atoms with Crippen LogP contribution in [0.1, 0.15) is 40.5 Å². The Labute approximate surface area is 139 Å². The first-order valence-electron chi connectivity index (χ1n) is 8.84. The lowest BCUT2D eigenvalue weighted by Gasteiger charge is -2.45. The van der Waals surface area contributed by atoms with Crippen LogP contribution in [0, 0.1) is 0 Å². The minimum atomic E-state index is 0.264. The van der Waals surface area contributed by atoms with E-state index in [1.165, 1.54) is 39.0 Å². The minimum absolute atomic E-state index is 0.264. The van der Waals surface area contributed by atoms with Gasteiger partial charge in [-0.2, -0.15) is 0 Å². The molecular weight excluding hydrogens is 272 g/mol. The number of hydrogen-bond acceptors (Lipinski definition) is 4. The first kappa shape index (κ1) is 19.9. The van der Waals surface area contributed by atoms with Crippen molar-refractivity contribution in [3.8, 4) is 0 Å². The molecule has 0 radical (unpaired) electrons. The third kappa shape index (κ3) is 6.15. The van der Waals surface area contributed by atoms with Crippen LogP contribution in [0.25, 0.3) is 0 Å². The molecule has 0 spiro atoms. The van der Waals surface area contributed by atoms with Crippen molar-refractivity contribution in [3.05, 3.63) is 0 Å². The molecule has 0 aliphatic carbocycles. The van der Waals surface area contributed by atoms with E-state index in [1.54, 1.807) is 0 Å². The Hall–Kier alpha value is -0.160. The van der Waals surface area contributed by atoms with Gasteiger partial charge in [0.2, 0.25) is 0 Å². The van der Waals surface area contributed by atoms with Crippen molar-refractivity contribution in [2.24, 2.45) is 0 Å². The molecule has 4 nitrogen and oxygen atoms in total. The maximum Gasteiger partial charge on any atom is 0.0155 e. The number of piperazine rings is 1. The van der Waals surface area contributed by atoms with E-state index in [0.717, 1.165) is 13.1 Å². The highest BCUT2D eigenvalue weighted by atomic mass is 15.3. The minimum Gasteiger partial charge on any atom is -0.308 e. The summed E-state index contributed by atoms with van der Waals surface area (Å²) in [5, 5.41) is 0. The molecule has 1 aliphatic heterocycles. The summed E-state index contributed by atoms with van der Waals surface area (Å²) in [4.78, 5) is 9.91. The fraction of sp³-hybridized carbons (Fsp3) is 1.00. The van der Waals surface area contributed by atoms with Gasteiger partial charge in [-0.3, -0.25) is 9.80 Å². The Morgan fingerprint density at radius 2 is 1.36 bits per heavy atom. The van der Waals surface area contributed by atoms with Gasteiger partial charge in [0.05, 0.1) is 0 Å². The number of hydrogen-bond donors (Lipinski definition) is 0. The average Bonchev–Trinajstić information content (AvgIpc) is 2.43. The number of rotatable bonds is 8. The van der Waals surface area contributed by atoms with Gasteiger partial charge in [0.1, 0.15) is 0 Å². The molecule has 1 aliphatic rings. The van der Waals surface area contributed by atoms with Gasteiger partial charge in [-0.05, 0) is 68.7 Å². The molecule has 0 bridgehead atoms. The molecule has 0 unspecified atom stereocenters. The second kappa shape index (κ2) is 8.09. The van der Waals surface area contributed by atoms with E-state index in [9.17, 15) is 0 Å². The van der Waals surface area contributed by atoms with E-state index >= 15 is 0 Å². The number of likely N-dealkylation sites (N-methyl/N-ethyl adjacent to an activating group) is 3. The standard InChI is InChI=1S/C18H40N4/c1-17(2,21(8)14-11-19(5)6)9-10-18(3,4)22-15-12-20(7)13-16-22/h9-16H2,1-8H3. The quantitative estimate of drug-likeness (QED) is 0.680. The molecule has 0 N–H and O–H groups in total. The van der Waals surface area contributed by atoms with Crippen molar-refractivity contribution in [1.82, 2.24) is 19.6 Å². The third-order valence-corrected chi connectivity index (χ3v) is 5.62. The van der Waals surface area contributed by atoms with Crippen LogP contribution in [0.4, 0.5) is 0 Å². The predicted molar refractivity (Wildman–Crippen MR) is 97.6 cm³/mol. The first-order chi connectivity index (χ1) is 10.0. The van der Waals surface area contributed by atoms with Crippen LogP contribution in [0.15, 0.2) is 0 Å². The van der Waals surface area contributed by atoms with Gasteiger partial charge in [0, 0.05) is 50.3 Å². The molecule has 132 valence electrons. The van der Waals surface area contributed by atoms with Gasteiger partial charge in [0.15, 0.2) is 0 Å². The molecule has 1 rings (SSSR count). The summed E-state index contributed by atoms with van der Waals surface area (Å²) in [7, 11) is 8.80. The normalized spacial score (nSPS) is 19.4. The maximum absolute atomic E-state index is 2.68. The van der Waals surface area contributed by atoms with Crippen molar-refractivity contribution >= 4 is 0 Å². The van der Waals surface area contributed by atoms with Crippen molar-refractivity contribution in [1.29, 1.82) is 0 Å². The first-order valence-corrected chi connectivity index (χ1v) is 8.84. The van der Waals surface area contributed by atoms with Crippen LogP contribution in [-0.2, 0) is 0 Å². The fourth-order valence-electron chi connectivity index (χ4n) is 3.03. The summed E-state index contributed by atoms with van der Waals surface area (Å²) >= 11 is 0. The van der Waals surface area contributed by atoms with E-state index < -0.39 is 0 Å². The van der Waals surface area contributed by atoms with Gasteiger partial charge >= 0.3 is 0 Å². The molecule has 0 amide bonds. The average molecular weight is 313 g/mol. The zero-order chi connectivity index (χ0) is 17.0. The summed E-state index contributed by atoms with van der Waals surface area (Å²) in [6.07, 6.45) is 2.51. The third-order valence-electron chi connectivity index (χ3n) is 5.62. The van der Waals surface area contributed by atoms with E-state index in [-0.39, 0.29) is 5.54 Å². The SMILES string of the molecule is CN(C)CCN(C)C(C)(C)CCC(C)(C)N1CCN(C)CC1. The highest BCUT2D eigenvalue weighted by Crippen LogP contribution is 2.28. The van der Waals surface area contributed by atoms with E-state index in [2.05, 4.69) is 75.5 Å². The van der Waals surface area contributed by atoms with E-state index in [4.69, 9.17) is 0 Å². The van der Waals surface area contributed by atoms with Crippen molar-refractivity contribution < 1.29 is 0 Å². The smallest absolute Gasteiger partial charge is 0.0155 e. The second-order valence-electron chi connectivity index (χ2n) is 8.64. The Bertz CT molecular complexity index is 317. The highest BCUT2D eigenvalue weighted by molar-refractivity contribution is 4.89. The van der Waals surface area contributed by atoms with Crippen molar-refractivity contribution in [2.45, 2.75) is 51.6 Å². The van der Waals surface area contributed by atoms with Crippen LogP contribution in [-0.4, -0.2) is 98.1 Å². The van der Waals surface area contributed by atoms with E-state index in [1.807, 2.05) is 0 Å². The lowest BCUT2D eigenvalue weighted by Crippen LogP contribution is -2.54. The molecule has 1 fully saturated rings. The van der Waals surface area contributed by atoms with Crippen LogP contribution < -0.4 is 0 Å². The fourth-order valence-corrected chi connectivity index (χ4v) is 3.03. The molecular formula is C18H40N4. The molecule has 0 aromatic rings. The summed E-state index contributed by atoms with van der Waals surface area (Å²) in [6, 6.07) is 0. The van der Waals surface area contributed by atoms with Gasteiger partial charge < -0.3 is 9.80 Å². The summed E-state index contributed by atoms with van der Waals surface area (Å²) in [5.74, 6) is 0. The van der Waals surface area contributed by atoms with Crippen LogP contribution in [0.5, 0.6) is 0 Å². The Morgan fingerprint density at radius 1 is 0.818 bits per heavy atom. The van der Waals surface area contributed by atoms with Crippen molar-refractivity contribution in [3.63, 3.8) is 0 Å². The largest absolute Gasteiger partial charge is 0.308 e. The molecule has 1 saturated heterocycles. The monoisotopic (exact) mass is 312 g/mol. The summed E-state index contributed by atoms with van der Waals surface area (Å²) in [5.41, 5.74) is 0.570. The summed E-state index contributed by atoms with van der Waals surface area (Å²) in [6.45, 7) is 16.7. The van der Waals surface area contributed by atoms with Crippen LogP contribution >= 0.6 is 0 Å². The Balaban J connectivity index is 2.47. The molecule has 4 heteroatoms. The van der Waals surface area contributed by atoms with E-state index in [0.29, 0.717) is 5.54 Å². The Kier molecular flexibility index (Phi) is 7.31. The highest BCUT2D eigenvalue weighted by Gasteiger charge is 2.32. The molecule has 1 heterocycles. The zero-order valence-corrected chi connectivity index (χ0v) is 16.4. The molecule has 22 heavy (non-hydrogen) atoms. The Morgan fingerprint density at radius 3 is 1.86 bits per heavy atom. The molecule has 0 atom stereocenters. The lowest BCUT2D eigenvalue weighted by atomic mass is 9.87.